The van der Waals surface area contributed by atoms with Crippen molar-refractivity contribution >= 4 is 17.5 Å². The van der Waals surface area contributed by atoms with E-state index in [0.717, 1.165) is 18.7 Å². The van der Waals surface area contributed by atoms with Crippen molar-refractivity contribution in [3.63, 3.8) is 0 Å². The first kappa shape index (κ1) is 16.5. The van der Waals surface area contributed by atoms with Gasteiger partial charge in [-0.3, -0.25) is 4.79 Å². The van der Waals surface area contributed by atoms with E-state index in [4.69, 9.17) is 4.42 Å². The number of carbonyl (C=O) groups is 2. The van der Waals surface area contributed by atoms with Gasteiger partial charge in [-0.2, -0.15) is 0 Å². The Morgan fingerprint density at radius 1 is 1.30 bits per heavy atom. The zero-order chi connectivity index (χ0) is 17.0. The molecule has 0 saturated carbocycles. The predicted molar refractivity (Wildman–Crippen MR) is 80.3 cm³/mol. The topological polar surface area (TPSA) is 76.7 Å². The van der Waals surface area contributed by atoms with E-state index in [0.29, 0.717) is 17.7 Å². The van der Waals surface area contributed by atoms with Crippen LogP contribution < -0.4 is 0 Å². The highest BCUT2D eigenvalue weighted by Gasteiger charge is 2.18. The molecule has 0 spiro atoms. The molecule has 5 nitrogen and oxygen atoms in total. The van der Waals surface area contributed by atoms with Crippen molar-refractivity contribution in [2.45, 2.75) is 13.3 Å². The van der Waals surface area contributed by atoms with Crippen LogP contribution in [0.4, 0.5) is 4.39 Å². The third kappa shape index (κ3) is 4.06. The third-order valence-electron chi connectivity index (χ3n) is 3.13. The van der Waals surface area contributed by atoms with Crippen molar-refractivity contribution in [1.82, 2.24) is 0 Å². The predicted octanol–water partition coefficient (Wildman–Crippen LogP) is 2.96. The molecule has 0 aliphatic rings. The summed E-state index contributed by atoms with van der Waals surface area (Å²) >= 11 is 0. The molecule has 1 aromatic carbocycles. The van der Waals surface area contributed by atoms with Gasteiger partial charge in [-0.05, 0) is 30.7 Å². The number of aryl methyl sites for hydroxylation is 1. The smallest absolute Gasteiger partial charge is 0.378 e. The van der Waals surface area contributed by atoms with Crippen LogP contribution in [0.25, 0.3) is 5.76 Å². The van der Waals surface area contributed by atoms with Crippen molar-refractivity contribution in [3.8, 4) is 0 Å². The molecule has 0 saturated heterocycles. The van der Waals surface area contributed by atoms with Gasteiger partial charge in [0.15, 0.2) is 11.5 Å². The fourth-order valence-corrected chi connectivity index (χ4v) is 2.09. The molecule has 0 aliphatic heterocycles. The number of methoxy groups -OCH3 is 1. The summed E-state index contributed by atoms with van der Waals surface area (Å²) in [5, 5.41) is 10.0. The quantitative estimate of drug-likeness (QED) is 0.397. The van der Waals surface area contributed by atoms with E-state index in [1.807, 2.05) is 0 Å². The van der Waals surface area contributed by atoms with Crippen molar-refractivity contribution < 1.29 is 28.2 Å². The summed E-state index contributed by atoms with van der Waals surface area (Å²) in [7, 11) is 1.07. The van der Waals surface area contributed by atoms with Crippen LogP contribution in [0.5, 0.6) is 0 Å². The minimum absolute atomic E-state index is 0.0871. The standard InChI is InChI=1S/C17H15FO5/c1-10-7-12(8-11-3-5-13(18)6-4-11)16(23-10)14(19)9-15(20)17(21)22-2/h3-7,9,19H,8H2,1-2H3. The molecule has 1 N–H and O–H groups in total. The molecule has 0 bridgehead atoms. The highest BCUT2D eigenvalue weighted by atomic mass is 19.1. The van der Waals surface area contributed by atoms with Gasteiger partial charge in [0.1, 0.15) is 11.6 Å². The Labute approximate surface area is 132 Å². The van der Waals surface area contributed by atoms with Gasteiger partial charge in [0.2, 0.25) is 0 Å². The van der Waals surface area contributed by atoms with Gasteiger partial charge in [-0.1, -0.05) is 12.1 Å². The molecule has 0 radical (unpaired) electrons. The molecular weight excluding hydrogens is 303 g/mol. The molecule has 0 unspecified atom stereocenters. The van der Waals surface area contributed by atoms with Gasteiger partial charge in [0.25, 0.3) is 5.78 Å². The molecule has 0 fully saturated rings. The van der Waals surface area contributed by atoms with Crippen LogP contribution in [0.2, 0.25) is 0 Å². The maximum atomic E-state index is 12.9. The number of aliphatic hydroxyl groups excluding tert-OH is 1. The van der Waals surface area contributed by atoms with Crippen LogP contribution in [0.15, 0.2) is 40.8 Å². The molecule has 1 aromatic heterocycles. The lowest BCUT2D eigenvalue weighted by molar-refractivity contribution is -0.149. The SMILES string of the molecule is COC(=O)C(=O)C=C(O)c1oc(C)cc1Cc1ccc(F)cc1. The summed E-state index contributed by atoms with van der Waals surface area (Å²) in [6, 6.07) is 7.59. The molecule has 0 aliphatic carbocycles. The van der Waals surface area contributed by atoms with E-state index < -0.39 is 17.5 Å². The Morgan fingerprint density at radius 2 is 1.96 bits per heavy atom. The van der Waals surface area contributed by atoms with E-state index in [1.165, 1.54) is 12.1 Å². The maximum absolute atomic E-state index is 12.9. The second-order valence-corrected chi connectivity index (χ2v) is 4.90. The number of benzene rings is 1. The number of ether oxygens (including phenoxy) is 1. The van der Waals surface area contributed by atoms with E-state index in [2.05, 4.69) is 4.74 Å². The van der Waals surface area contributed by atoms with Crippen LogP contribution in [-0.2, 0) is 20.7 Å². The molecular formula is C17H15FO5. The first-order valence-corrected chi connectivity index (χ1v) is 6.77. The van der Waals surface area contributed by atoms with E-state index >= 15 is 0 Å². The average Bonchev–Trinajstić information content (AvgIpc) is 2.89. The Hall–Kier alpha value is -2.89. The van der Waals surface area contributed by atoms with Gasteiger partial charge in [-0.25, -0.2) is 9.18 Å². The fourth-order valence-electron chi connectivity index (χ4n) is 2.09. The second kappa shape index (κ2) is 6.91. The number of hydrogen-bond acceptors (Lipinski definition) is 5. The number of hydrogen-bond donors (Lipinski definition) is 1. The van der Waals surface area contributed by atoms with Gasteiger partial charge in [0.05, 0.1) is 7.11 Å². The number of halogens is 1. The highest BCUT2D eigenvalue weighted by Crippen LogP contribution is 2.24. The molecule has 0 atom stereocenters. The van der Waals surface area contributed by atoms with E-state index in [9.17, 15) is 19.1 Å². The van der Waals surface area contributed by atoms with Crippen molar-refractivity contribution in [2.24, 2.45) is 0 Å². The lowest BCUT2D eigenvalue weighted by atomic mass is 10.0. The molecule has 120 valence electrons. The van der Waals surface area contributed by atoms with Crippen LogP contribution >= 0.6 is 0 Å². The Kier molecular flexibility index (Phi) is 4.95. The fraction of sp³-hybridized carbons (Fsp3) is 0.176. The lowest BCUT2D eigenvalue weighted by Gasteiger charge is -2.03. The highest BCUT2D eigenvalue weighted by molar-refractivity contribution is 6.39. The molecule has 0 amide bonds. The van der Waals surface area contributed by atoms with Crippen LogP contribution in [-0.4, -0.2) is 24.0 Å². The number of esters is 1. The van der Waals surface area contributed by atoms with Gasteiger partial charge in [0, 0.05) is 18.1 Å². The third-order valence-corrected chi connectivity index (χ3v) is 3.13. The summed E-state index contributed by atoms with van der Waals surface area (Å²) in [6.45, 7) is 1.69. The summed E-state index contributed by atoms with van der Waals surface area (Å²) in [5.74, 6) is -2.27. The normalized spacial score (nSPS) is 11.3. The largest absolute Gasteiger partial charge is 0.504 e. The van der Waals surface area contributed by atoms with Gasteiger partial charge in [-0.15, -0.1) is 0 Å². The summed E-state index contributed by atoms with van der Waals surface area (Å²) in [6.07, 6.45) is 1.12. The second-order valence-electron chi connectivity index (χ2n) is 4.90. The Morgan fingerprint density at radius 3 is 2.57 bits per heavy atom. The molecule has 23 heavy (non-hydrogen) atoms. The number of rotatable bonds is 5. The average molecular weight is 318 g/mol. The Balaban J connectivity index is 2.29. The van der Waals surface area contributed by atoms with Crippen molar-refractivity contribution in [1.29, 1.82) is 0 Å². The summed E-state index contributed by atoms with van der Waals surface area (Å²) < 4.78 is 22.6. The zero-order valence-electron chi connectivity index (χ0n) is 12.6. The zero-order valence-corrected chi connectivity index (χ0v) is 12.6. The van der Waals surface area contributed by atoms with Crippen molar-refractivity contribution in [2.75, 3.05) is 7.11 Å². The van der Waals surface area contributed by atoms with E-state index in [1.54, 1.807) is 25.1 Å². The summed E-state index contributed by atoms with van der Waals surface area (Å²) in [5.41, 5.74) is 1.42. The maximum Gasteiger partial charge on any atom is 0.378 e. The lowest BCUT2D eigenvalue weighted by Crippen LogP contribution is -2.13. The first-order valence-electron chi connectivity index (χ1n) is 6.77. The monoisotopic (exact) mass is 318 g/mol. The number of ketones is 1. The van der Waals surface area contributed by atoms with Crippen LogP contribution in [0.3, 0.4) is 0 Å². The molecule has 2 rings (SSSR count). The van der Waals surface area contributed by atoms with Gasteiger partial charge < -0.3 is 14.3 Å². The van der Waals surface area contributed by atoms with Crippen LogP contribution in [0.1, 0.15) is 22.6 Å². The Bertz CT molecular complexity index is 756. The van der Waals surface area contributed by atoms with E-state index in [-0.39, 0.29) is 11.6 Å². The number of furan rings is 1. The molecule has 2 aromatic rings. The number of aliphatic hydroxyl groups is 1. The number of carbonyl (C=O) groups excluding carboxylic acids is 2. The molecule has 1 heterocycles. The van der Waals surface area contributed by atoms with Crippen molar-refractivity contribution in [3.05, 3.63) is 64.9 Å². The minimum Gasteiger partial charge on any atom is -0.504 e. The van der Waals surface area contributed by atoms with Gasteiger partial charge >= 0.3 is 5.97 Å². The first-order chi connectivity index (χ1) is 10.9. The summed E-state index contributed by atoms with van der Waals surface area (Å²) in [4.78, 5) is 22.6. The van der Waals surface area contributed by atoms with Crippen LogP contribution in [0, 0.1) is 12.7 Å². The minimum atomic E-state index is -1.08. The molecule has 6 heteroatoms.